The summed E-state index contributed by atoms with van der Waals surface area (Å²) >= 11 is 0. The van der Waals surface area contributed by atoms with Gasteiger partial charge in [-0.2, -0.15) is 0 Å². The van der Waals surface area contributed by atoms with E-state index in [1.165, 1.54) is 20.0 Å². The Hall–Kier alpha value is -0.570. The number of methoxy groups -OCH3 is 1. The molecular weight excluding hydrogens is 180 g/mol. The number of aliphatic hydroxyl groups excluding tert-OH is 1. The highest BCUT2D eigenvalue weighted by Gasteiger charge is 2.41. The Labute approximate surface area is 85.5 Å². The summed E-state index contributed by atoms with van der Waals surface area (Å²) in [6.07, 6.45) is 3.65. The number of rotatable bonds is 3. The van der Waals surface area contributed by atoms with Gasteiger partial charge in [-0.25, -0.2) is 4.79 Å². The summed E-state index contributed by atoms with van der Waals surface area (Å²) in [6, 6.07) is 0. The minimum Gasteiger partial charge on any atom is -0.467 e. The van der Waals surface area contributed by atoms with E-state index in [0.717, 1.165) is 12.8 Å². The predicted molar refractivity (Wildman–Crippen MR) is 53.8 cm³/mol. The first kappa shape index (κ1) is 11.5. The van der Waals surface area contributed by atoms with Crippen LogP contribution in [0.4, 0.5) is 0 Å². The van der Waals surface area contributed by atoms with Crippen LogP contribution in [0, 0.1) is 11.3 Å². The van der Waals surface area contributed by atoms with Gasteiger partial charge >= 0.3 is 5.97 Å². The second-order valence-corrected chi connectivity index (χ2v) is 4.73. The van der Waals surface area contributed by atoms with Gasteiger partial charge in [0.2, 0.25) is 0 Å². The summed E-state index contributed by atoms with van der Waals surface area (Å²) in [5.74, 6) is -0.0708. The zero-order valence-electron chi connectivity index (χ0n) is 9.25. The minimum absolute atomic E-state index is 0.358. The smallest absolute Gasteiger partial charge is 0.335 e. The molecule has 3 nitrogen and oxygen atoms in total. The fraction of sp³-hybridized carbons (Fsp3) is 0.909. The molecular formula is C11H20O3. The lowest BCUT2D eigenvalue weighted by Crippen LogP contribution is -2.41. The lowest BCUT2D eigenvalue weighted by Gasteiger charge is -2.34. The fourth-order valence-electron chi connectivity index (χ4n) is 2.31. The normalized spacial score (nSPS) is 20.9. The Balaban J connectivity index is 2.66. The fourth-order valence-corrected chi connectivity index (χ4v) is 2.31. The summed E-state index contributed by atoms with van der Waals surface area (Å²) < 4.78 is 4.57. The second-order valence-electron chi connectivity index (χ2n) is 4.73. The summed E-state index contributed by atoms with van der Waals surface area (Å²) in [5, 5.41) is 9.83. The molecule has 1 atom stereocenters. The molecule has 0 saturated heterocycles. The first-order valence-corrected chi connectivity index (χ1v) is 5.26. The highest BCUT2D eigenvalue weighted by molar-refractivity contribution is 5.75. The van der Waals surface area contributed by atoms with Gasteiger partial charge in [-0.3, -0.25) is 0 Å². The monoisotopic (exact) mass is 200 g/mol. The van der Waals surface area contributed by atoms with E-state index < -0.39 is 12.1 Å². The third kappa shape index (κ3) is 2.08. The van der Waals surface area contributed by atoms with Crippen molar-refractivity contribution in [1.29, 1.82) is 0 Å². The van der Waals surface area contributed by atoms with E-state index in [0.29, 0.717) is 5.92 Å². The lowest BCUT2D eigenvalue weighted by atomic mass is 9.73. The van der Waals surface area contributed by atoms with E-state index in [-0.39, 0.29) is 5.41 Å². The molecule has 0 bridgehead atoms. The molecule has 0 aromatic carbocycles. The van der Waals surface area contributed by atoms with Crippen molar-refractivity contribution in [3.63, 3.8) is 0 Å². The van der Waals surface area contributed by atoms with Crippen molar-refractivity contribution in [3.8, 4) is 0 Å². The number of ether oxygens (including phenoxy) is 1. The van der Waals surface area contributed by atoms with Gasteiger partial charge in [0.25, 0.3) is 0 Å². The van der Waals surface area contributed by atoms with E-state index in [2.05, 4.69) is 4.74 Å². The molecule has 1 rings (SSSR count). The van der Waals surface area contributed by atoms with Crippen molar-refractivity contribution in [2.24, 2.45) is 11.3 Å². The van der Waals surface area contributed by atoms with Crippen LogP contribution in [0.2, 0.25) is 0 Å². The van der Waals surface area contributed by atoms with Gasteiger partial charge in [-0.05, 0) is 18.8 Å². The Kier molecular flexibility index (Phi) is 3.53. The molecule has 0 spiro atoms. The van der Waals surface area contributed by atoms with Gasteiger partial charge in [0, 0.05) is 5.41 Å². The molecule has 0 aromatic heterocycles. The maximum absolute atomic E-state index is 11.2. The zero-order valence-corrected chi connectivity index (χ0v) is 9.25. The van der Waals surface area contributed by atoms with Crippen LogP contribution < -0.4 is 0 Å². The van der Waals surface area contributed by atoms with Crippen LogP contribution in [0.15, 0.2) is 0 Å². The van der Waals surface area contributed by atoms with Crippen LogP contribution in [0.5, 0.6) is 0 Å². The molecule has 1 fully saturated rings. The molecule has 1 saturated carbocycles. The second kappa shape index (κ2) is 4.30. The molecule has 0 aromatic rings. The van der Waals surface area contributed by atoms with Crippen molar-refractivity contribution in [3.05, 3.63) is 0 Å². The molecule has 1 unspecified atom stereocenters. The number of carbonyl (C=O) groups is 1. The largest absolute Gasteiger partial charge is 0.467 e. The van der Waals surface area contributed by atoms with Crippen LogP contribution in [0.25, 0.3) is 0 Å². The van der Waals surface area contributed by atoms with E-state index >= 15 is 0 Å². The number of carbonyl (C=O) groups excluding carboxylic acids is 1. The van der Waals surface area contributed by atoms with Gasteiger partial charge in [0.15, 0.2) is 6.10 Å². The van der Waals surface area contributed by atoms with Crippen LogP contribution in [0.3, 0.4) is 0 Å². The Morgan fingerprint density at radius 1 is 1.43 bits per heavy atom. The van der Waals surface area contributed by atoms with Crippen LogP contribution in [-0.2, 0) is 9.53 Å². The van der Waals surface area contributed by atoms with Crippen molar-refractivity contribution < 1.29 is 14.6 Å². The molecule has 0 aliphatic heterocycles. The van der Waals surface area contributed by atoms with Crippen molar-refractivity contribution in [2.75, 3.05) is 7.11 Å². The number of hydrogen-bond donors (Lipinski definition) is 1. The Bertz CT molecular complexity index is 205. The maximum atomic E-state index is 11.2. The molecule has 1 N–H and O–H groups in total. The third-order valence-electron chi connectivity index (χ3n) is 3.54. The molecule has 0 amide bonds. The SMILES string of the molecule is COC(=O)C(O)C(C)(C)C1CCCC1. The summed E-state index contributed by atoms with van der Waals surface area (Å²) in [4.78, 5) is 11.2. The van der Waals surface area contributed by atoms with Crippen molar-refractivity contribution in [2.45, 2.75) is 45.6 Å². The predicted octanol–water partition coefficient (Wildman–Crippen LogP) is 1.74. The average molecular weight is 200 g/mol. The first-order chi connectivity index (χ1) is 6.50. The lowest BCUT2D eigenvalue weighted by molar-refractivity contribution is -0.159. The molecule has 0 heterocycles. The van der Waals surface area contributed by atoms with E-state index in [1.807, 2.05) is 13.8 Å². The number of hydrogen-bond acceptors (Lipinski definition) is 3. The standard InChI is InChI=1S/C11H20O3/c1-11(2,8-6-4-5-7-8)9(12)10(13)14-3/h8-9,12H,4-7H2,1-3H3. The molecule has 1 aliphatic rings. The molecule has 1 aliphatic carbocycles. The highest BCUT2D eigenvalue weighted by Crippen LogP contribution is 2.41. The topological polar surface area (TPSA) is 46.5 Å². The van der Waals surface area contributed by atoms with Crippen LogP contribution >= 0.6 is 0 Å². The summed E-state index contributed by atoms with van der Waals surface area (Å²) in [6.45, 7) is 3.90. The average Bonchev–Trinajstić information content (AvgIpc) is 2.68. The highest BCUT2D eigenvalue weighted by atomic mass is 16.5. The van der Waals surface area contributed by atoms with Crippen molar-refractivity contribution in [1.82, 2.24) is 0 Å². The summed E-state index contributed by atoms with van der Waals surface area (Å²) in [7, 11) is 1.32. The van der Waals surface area contributed by atoms with Crippen molar-refractivity contribution >= 4 is 5.97 Å². The van der Waals surface area contributed by atoms with Gasteiger partial charge in [0.1, 0.15) is 0 Å². The Morgan fingerprint density at radius 2 is 1.93 bits per heavy atom. The van der Waals surface area contributed by atoms with Gasteiger partial charge in [-0.15, -0.1) is 0 Å². The molecule has 0 radical (unpaired) electrons. The minimum atomic E-state index is -0.990. The van der Waals surface area contributed by atoms with Gasteiger partial charge in [-0.1, -0.05) is 26.7 Å². The maximum Gasteiger partial charge on any atom is 0.335 e. The van der Waals surface area contributed by atoms with Gasteiger partial charge in [0.05, 0.1) is 7.11 Å². The molecule has 14 heavy (non-hydrogen) atoms. The third-order valence-corrected chi connectivity index (χ3v) is 3.54. The van der Waals surface area contributed by atoms with E-state index in [1.54, 1.807) is 0 Å². The molecule has 3 heteroatoms. The van der Waals surface area contributed by atoms with Gasteiger partial charge < -0.3 is 9.84 Å². The zero-order chi connectivity index (χ0) is 10.8. The summed E-state index contributed by atoms with van der Waals surface area (Å²) in [5.41, 5.74) is -0.358. The number of aliphatic hydroxyl groups is 1. The van der Waals surface area contributed by atoms with Crippen LogP contribution in [-0.4, -0.2) is 24.3 Å². The van der Waals surface area contributed by atoms with E-state index in [9.17, 15) is 9.90 Å². The number of esters is 1. The first-order valence-electron chi connectivity index (χ1n) is 5.26. The Morgan fingerprint density at radius 3 is 2.36 bits per heavy atom. The van der Waals surface area contributed by atoms with E-state index in [4.69, 9.17) is 0 Å². The quantitative estimate of drug-likeness (QED) is 0.706. The van der Waals surface area contributed by atoms with Crippen LogP contribution in [0.1, 0.15) is 39.5 Å². The molecule has 82 valence electrons.